The van der Waals surface area contributed by atoms with Crippen molar-refractivity contribution in [2.75, 3.05) is 19.6 Å². The van der Waals surface area contributed by atoms with Gasteiger partial charge in [0.2, 0.25) is 0 Å². The van der Waals surface area contributed by atoms with Crippen LogP contribution in [-0.2, 0) is 0 Å². The molecule has 128 valence electrons. The Morgan fingerprint density at radius 2 is 1.92 bits per heavy atom. The van der Waals surface area contributed by atoms with Gasteiger partial charge in [0.1, 0.15) is 0 Å². The summed E-state index contributed by atoms with van der Waals surface area (Å²) in [6.07, 6.45) is 2.20. The minimum atomic E-state index is -0.00493. The van der Waals surface area contributed by atoms with Crippen LogP contribution >= 0.6 is 0 Å². The van der Waals surface area contributed by atoms with Crippen LogP contribution in [0.1, 0.15) is 41.5 Å². The predicted octanol–water partition coefficient (Wildman–Crippen LogP) is 2.61. The standard InChI is InChI=1S/C19H26N4O/c1-14-12-15(2)23(22-14)17-6-4-16(5-7-17)18(24)21-13-19(3)8-10-20-11-9-19/h4-7,12,20H,8-11,13H2,1-3H3,(H,21,24). The molecule has 5 heteroatoms. The number of benzene rings is 1. The maximum atomic E-state index is 12.4. The first-order valence-corrected chi connectivity index (χ1v) is 8.59. The minimum absolute atomic E-state index is 0.00493. The molecular formula is C19H26N4O. The van der Waals surface area contributed by atoms with Gasteiger partial charge in [-0.15, -0.1) is 0 Å². The number of aromatic nitrogens is 2. The summed E-state index contributed by atoms with van der Waals surface area (Å²) in [5.74, 6) is -0.00493. The lowest BCUT2D eigenvalue weighted by Gasteiger charge is -2.34. The normalized spacial score (nSPS) is 16.8. The molecule has 24 heavy (non-hydrogen) atoms. The molecule has 0 bridgehead atoms. The van der Waals surface area contributed by atoms with E-state index in [0.29, 0.717) is 5.56 Å². The Labute approximate surface area is 143 Å². The van der Waals surface area contributed by atoms with Crippen molar-refractivity contribution in [2.45, 2.75) is 33.6 Å². The SMILES string of the molecule is Cc1cc(C)n(-c2ccc(C(=O)NCC3(C)CCNCC3)cc2)n1. The van der Waals surface area contributed by atoms with E-state index in [4.69, 9.17) is 0 Å². The van der Waals surface area contributed by atoms with Gasteiger partial charge in [-0.25, -0.2) is 4.68 Å². The summed E-state index contributed by atoms with van der Waals surface area (Å²) in [6.45, 7) is 9.05. The van der Waals surface area contributed by atoms with E-state index in [1.807, 2.05) is 48.9 Å². The van der Waals surface area contributed by atoms with Crippen LogP contribution in [0.5, 0.6) is 0 Å². The van der Waals surface area contributed by atoms with E-state index < -0.39 is 0 Å². The molecule has 2 N–H and O–H groups in total. The van der Waals surface area contributed by atoms with Crippen LogP contribution in [0.2, 0.25) is 0 Å². The van der Waals surface area contributed by atoms with Gasteiger partial charge in [-0.05, 0) is 75.5 Å². The van der Waals surface area contributed by atoms with Gasteiger partial charge in [0.25, 0.3) is 5.91 Å². The lowest BCUT2D eigenvalue weighted by atomic mass is 9.81. The van der Waals surface area contributed by atoms with Gasteiger partial charge in [0, 0.05) is 17.8 Å². The minimum Gasteiger partial charge on any atom is -0.351 e. The average Bonchev–Trinajstić information content (AvgIpc) is 2.92. The third kappa shape index (κ3) is 3.67. The third-order valence-corrected chi connectivity index (χ3v) is 4.87. The van der Waals surface area contributed by atoms with Gasteiger partial charge in [0.05, 0.1) is 11.4 Å². The fourth-order valence-corrected chi connectivity index (χ4v) is 3.25. The molecule has 1 aliphatic rings. The molecule has 0 radical (unpaired) electrons. The van der Waals surface area contributed by atoms with Crippen molar-refractivity contribution in [3.8, 4) is 5.69 Å². The second-order valence-electron chi connectivity index (χ2n) is 7.13. The van der Waals surface area contributed by atoms with E-state index in [9.17, 15) is 4.79 Å². The Kier molecular flexibility index (Phi) is 4.71. The number of carbonyl (C=O) groups excluding carboxylic acids is 1. The summed E-state index contributed by atoms with van der Waals surface area (Å²) in [4.78, 5) is 12.4. The number of carbonyl (C=O) groups is 1. The molecule has 2 heterocycles. The Bertz CT molecular complexity index is 711. The second kappa shape index (κ2) is 6.77. The van der Waals surface area contributed by atoms with Gasteiger partial charge in [-0.1, -0.05) is 6.92 Å². The number of hydrogen-bond acceptors (Lipinski definition) is 3. The first kappa shape index (κ1) is 16.7. The van der Waals surface area contributed by atoms with Gasteiger partial charge in [-0.2, -0.15) is 5.10 Å². The van der Waals surface area contributed by atoms with Crippen LogP contribution in [0.15, 0.2) is 30.3 Å². The number of aryl methyl sites for hydroxylation is 2. The monoisotopic (exact) mass is 326 g/mol. The van der Waals surface area contributed by atoms with Crippen molar-refractivity contribution in [2.24, 2.45) is 5.41 Å². The largest absolute Gasteiger partial charge is 0.351 e. The maximum Gasteiger partial charge on any atom is 0.251 e. The number of hydrogen-bond donors (Lipinski definition) is 2. The van der Waals surface area contributed by atoms with E-state index in [-0.39, 0.29) is 11.3 Å². The first-order valence-electron chi connectivity index (χ1n) is 8.59. The lowest BCUT2D eigenvalue weighted by Crippen LogP contribution is -2.42. The fourth-order valence-electron chi connectivity index (χ4n) is 3.25. The highest BCUT2D eigenvalue weighted by Gasteiger charge is 2.27. The van der Waals surface area contributed by atoms with Gasteiger partial charge >= 0.3 is 0 Å². The van der Waals surface area contributed by atoms with Crippen LogP contribution in [0.4, 0.5) is 0 Å². The molecule has 1 fully saturated rings. The highest BCUT2D eigenvalue weighted by Crippen LogP contribution is 2.26. The van der Waals surface area contributed by atoms with Crippen molar-refractivity contribution in [3.05, 3.63) is 47.3 Å². The zero-order chi connectivity index (χ0) is 17.2. The molecule has 1 aromatic carbocycles. The average molecular weight is 326 g/mol. The summed E-state index contributed by atoms with van der Waals surface area (Å²) in [6, 6.07) is 9.67. The molecule has 0 aliphatic carbocycles. The van der Waals surface area contributed by atoms with E-state index in [1.165, 1.54) is 0 Å². The highest BCUT2D eigenvalue weighted by atomic mass is 16.1. The Morgan fingerprint density at radius 3 is 2.50 bits per heavy atom. The fraction of sp³-hybridized carbons (Fsp3) is 0.474. The van der Waals surface area contributed by atoms with Crippen LogP contribution in [0.25, 0.3) is 5.69 Å². The zero-order valence-corrected chi connectivity index (χ0v) is 14.7. The smallest absolute Gasteiger partial charge is 0.251 e. The molecule has 2 aromatic rings. The number of nitrogens with one attached hydrogen (secondary N) is 2. The molecule has 1 saturated heterocycles. The summed E-state index contributed by atoms with van der Waals surface area (Å²) in [5, 5.41) is 10.9. The molecule has 1 aromatic heterocycles. The van der Waals surface area contributed by atoms with Crippen LogP contribution in [0.3, 0.4) is 0 Å². The molecule has 1 aliphatic heterocycles. The van der Waals surface area contributed by atoms with Crippen LogP contribution < -0.4 is 10.6 Å². The topological polar surface area (TPSA) is 59.0 Å². The Hall–Kier alpha value is -2.14. The van der Waals surface area contributed by atoms with Gasteiger partial charge < -0.3 is 10.6 Å². The number of rotatable bonds is 4. The molecule has 0 atom stereocenters. The zero-order valence-electron chi connectivity index (χ0n) is 14.7. The Morgan fingerprint density at radius 1 is 1.25 bits per heavy atom. The number of amides is 1. The summed E-state index contributed by atoms with van der Waals surface area (Å²) in [5.41, 5.74) is 3.94. The summed E-state index contributed by atoms with van der Waals surface area (Å²) >= 11 is 0. The third-order valence-electron chi connectivity index (χ3n) is 4.87. The van der Waals surface area contributed by atoms with E-state index >= 15 is 0 Å². The number of nitrogens with zero attached hydrogens (tertiary/aromatic N) is 2. The molecule has 0 spiro atoms. The van der Waals surface area contributed by atoms with E-state index in [1.54, 1.807) is 0 Å². The summed E-state index contributed by atoms with van der Waals surface area (Å²) < 4.78 is 1.90. The van der Waals surface area contributed by atoms with Crippen LogP contribution in [-0.4, -0.2) is 35.3 Å². The maximum absolute atomic E-state index is 12.4. The first-order chi connectivity index (χ1) is 11.5. The molecule has 0 unspecified atom stereocenters. The van der Waals surface area contributed by atoms with Gasteiger partial charge in [-0.3, -0.25) is 4.79 Å². The van der Waals surface area contributed by atoms with Crippen molar-refractivity contribution < 1.29 is 4.79 Å². The predicted molar refractivity (Wildman–Crippen MR) is 95.6 cm³/mol. The number of piperidine rings is 1. The second-order valence-corrected chi connectivity index (χ2v) is 7.13. The van der Waals surface area contributed by atoms with Crippen molar-refractivity contribution in [1.82, 2.24) is 20.4 Å². The molecular weight excluding hydrogens is 300 g/mol. The van der Waals surface area contributed by atoms with Crippen molar-refractivity contribution >= 4 is 5.91 Å². The van der Waals surface area contributed by atoms with Gasteiger partial charge in [0.15, 0.2) is 0 Å². The molecule has 1 amide bonds. The van der Waals surface area contributed by atoms with Crippen molar-refractivity contribution in [3.63, 3.8) is 0 Å². The molecule has 0 saturated carbocycles. The molecule has 3 rings (SSSR count). The van der Waals surface area contributed by atoms with E-state index in [0.717, 1.165) is 49.6 Å². The molecule has 5 nitrogen and oxygen atoms in total. The lowest BCUT2D eigenvalue weighted by molar-refractivity contribution is 0.0922. The van der Waals surface area contributed by atoms with Crippen LogP contribution in [0, 0.1) is 19.3 Å². The van der Waals surface area contributed by atoms with Crippen molar-refractivity contribution in [1.29, 1.82) is 0 Å². The Balaban J connectivity index is 1.64. The summed E-state index contributed by atoms with van der Waals surface area (Å²) in [7, 11) is 0. The highest BCUT2D eigenvalue weighted by molar-refractivity contribution is 5.94. The quantitative estimate of drug-likeness (QED) is 0.908. The van der Waals surface area contributed by atoms with E-state index in [2.05, 4.69) is 22.7 Å².